The van der Waals surface area contributed by atoms with E-state index in [4.69, 9.17) is 4.74 Å². The molecule has 0 aliphatic heterocycles. The molecular weight excluding hydrogens is 483 g/mol. The molecule has 4 rings (SSSR count). The number of halogens is 5. The SMILES string of the molecule is CCCCOc1ccc(CCc2ccc(C3=CCC(c4ccc(C)c(F)c4F)CC3)cc2F)c(F)c1F. The highest BCUT2D eigenvalue weighted by molar-refractivity contribution is 5.67. The number of rotatable bonds is 9. The number of benzene rings is 3. The Morgan fingerprint density at radius 1 is 0.838 bits per heavy atom. The van der Waals surface area contributed by atoms with Crippen LogP contribution in [0.25, 0.3) is 5.57 Å². The van der Waals surface area contributed by atoms with Crippen LogP contribution in [0, 0.1) is 36.0 Å². The maximum absolute atomic E-state index is 14.9. The molecule has 0 saturated carbocycles. The highest BCUT2D eigenvalue weighted by Gasteiger charge is 2.23. The van der Waals surface area contributed by atoms with Crippen molar-refractivity contribution in [2.45, 2.75) is 64.7 Å². The minimum absolute atomic E-state index is 0.108. The molecule has 37 heavy (non-hydrogen) atoms. The van der Waals surface area contributed by atoms with Crippen LogP contribution < -0.4 is 4.74 Å². The maximum atomic E-state index is 14.9. The molecule has 3 aromatic rings. The fourth-order valence-corrected chi connectivity index (χ4v) is 4.78. The van der Waals surface area contributed by atoms with Crippen molar-refractivity contribution in [3.05, 3.63) is 105 Å². The number of ether oxygens (including phenoxy) is 1. The molecule has 0 aromatic heterocycles. The molecule has 0 radical (unpaired) electrons. The Morgan fingerprint density at radius 3 is 2.30 bits per heavy atom. The van der Waals surface area contributed by atoms with E-state index in [1.54, 1.807) is 18.2 Å². The molecule has 0 saturated heterocycles. The zero-order chi connectivity index (χ0) is 26.5. The van der Waals surface area contributed by atoms with Crippen LogP contribution >= 0.6 is 0 Å². The summed E-state index contributed by atoms with van der Waals surface area (Å²) >= 11 is 0. The summed E-state index contributed by atoms with van der Waals surface area (Å²) in [5.41, 5.74) is 2.94. The van der Waals surface area contributed by atoms with Gasteiger partial charge in [0.15, 0.2) is 23.2 Å². The van der Waals surface area contributed by atoms with Gasteiger partial charge in [-0.1, -0.05) is 49.8 Å². The van der Waals surface area contributed by atoms with Gasteiger partial charge in [-0.2, -0.15) is 4.39 Å². The van der Waals surface area contributed by atoms with Gasteiger partial charge in [-0.15, -0.1) is 0 Å². The third kappa shape index (κ3) is 6.06. The molecule has 3 aromatic carbocycles. The van der Waals surface area contributed by atoms with E-state index in [2.05, 4.69) is 0 Å². The molecule has 0 heterocycles. The van der Waals surface area contributed by atoms with Crippen LogP contribution in [-0.4, -0.2) is 6.61 Å². The molecule has 1 nitrogen and oxygen atoms in total. The second kappa shape index (κ2) is 11.9. The largest absolute Gasteiger partial charge is 0.490 e. The molecule has 1 atom stereocenters. The summed E-state index contributed by atoms with van der Waals surface area (Å²) in [7, 11) is 0. The summed E-state index contributed by atoms with van der Waals surface area (Å²) in [6.45, 7) is 3.84. The van der Waals surface area contributed by atoms with Crippen molar-refractivity contribution in [1.29, 1.82) is 0 Å². The number of unbranched alkanes of at least 4 members (excludes halogenated alkanes) is 1. The van der Waals surface area contributed by atoms with Crippen LogP contribution in [0.1, 0.15) is 72.8 Å². The lowest BCUT2D eigenvalue weighted by molar-refractivity contribution is 0.288. The Balaban J connectivity index is 1.40. The monoisotopic (exact) mass is 514 g/mol. The number of allylic oxidation sites excluding steroid dienone is 2. The van der Waals surface area contributed by atoms with Crippen molar-refractivity contribution in [2.24, 2.45) is 0 Å². The van der Waals surface area contributed by atoms with Gasteiger partial charge < -0.3 is 4.74 Å². The van der Waals surface area contributed by atoms with Crippen molar-refractivity contribution >= 4 is 5.57 Å². The number of hydrogen-bond donors (Lipinski definition) is 0. The minimum Gasteiger partial charge on any atom is -0.490 e. The molecular formula is C31H31F5O. The molecule has 0 amide bonds. The van der Waals surface area contributed by atoms with Gasteiger partial charge in [-0.05, 0) is 96.9 Å². The maximum Gasteiger partial charge on any atom is 0.200 e. The van der Waals surface area contributed by atoms with Gasteiger partial charge >= 0.3 is 0 Å². The van der Waals surface area contributed by atoms with Gasteiger partial charge in [0.1, 0.15) is 5.82 Å². The summed E-state index contributed by atoms with van der Waals surface area (Å²) in [6.07, 6.45) is 5.77. The van der Waals surface area contributed by atoms with E-state index in [1.807, 2.05) is 19.1 Å². The van der Waals surface area contributed by atoms with E-state index >= 15 is 0 Å². The fourth-order valence-electron chi connectivity index (χ4n) is 4.78. The minimum atomic E-state index is -1.01. The van der Waals surface area contributed by atoms with E-state index in [9.17, 15) is 22.0 Å². The second-order valence-corrected chi connectivity index (χ2v) is 9.66. The van der Waals surface area contributed by atoms with Crippen molar-refractivity contribution < 1.29 is 26.7 Å². The Hall–Kier alpha value is -3.15. The van der Waals surface area contributed by atoms with Gasteiger partial charge in [-0.3, -0.25) is 0 Å². The quantitative estimate of drug-likeness (QED) is 0.205. The van der Waals surface area contributed by atoms with Crippen molar-refractivity contribution in [1.82, 2.24) is 0 Å². The fraction of sp³-hybridized carbons (Fsp3) is 0.355. The van der Waals surface area contributed by atoms with Crippen LogP contribution in [0.2, 0.25) is 0 Å². The van der Waals surface area contributed by atoms with Gasteiger partial charge in [0.25, 0.3) is 0 Å². The first-order valence-electron chi connectivity index (χ1n) is 12.8. The van der Waals surface area contributed by atoms with Crippen molar-refractivity contribution in [2.75, 3.05) is 6.61 Å². The molecule has 6 heteroatoms. The summed E-state index contributed by atoms with van der Waals surface area (Å²) in [5, 5.41) is 0. The van der Waals surface area contributed by atoms with E-state index in [-0.39, 0.29) is 35.6 Å². The van der Waals surface area contributed by atoms with Crippen molar-refractivity contribution in [3.8, 4) is 5.75 Å². The summed E-state index contributed by atoms with van der Waals surface area (Å²) in [5.74, 6) is -4.20. The molecule has 0 spiro atoms. The lowest BCUT2D eigenvalue weighted by Crippen LogP contribution is -2.08. The van der Waals surface area contributed by atoms with Crippen LogP contribution in [-0.2, 0) is 12.8 Å². The van der Waals surface area contributed by atoms with Crippen LogP contribution in [0.15, 0.2) is 48.5 Å². The van der Waals surface area contributed by atoms with Gasteiger partial charge in [0, 0.05) is 0 Å². The predicted molar refractivity (Wildman–Crippen MR) is 136 cm³/mol. The lowest BCUT2D eigenvalue weighted by Gasteiger charge is -2.23. The van der Waals surface area contributed by atoms with E-state index in [1.165, 1.54) is 25.1 Å². The first-order chi connectivity index (χ1) is 17.8. The highest BCUT2D eigenvalue weighted by atomic mass is 19.2. The molecule has 1 aliphatic carbocycles. The van der Waals surface area contributed by atoms with E-state index in [0.29, 0.717) is 37.0 Å². The smallest absolute Gasteiger partial charge is 0.200 e. The first kappa shape index (κ1) is 26.9. The van der Waals surface area contributed by atoms with Crippen molar-refractivity contribution in [3.63, 3.8) is 0 Å². The molecule has 1 aliphatic rings. The number of aryl methyl sites for hydroxylation is 3. The molecule has 0 bridgehead atoms. The summed E-state index contributed by atoms with van der Waals surface area (Å²) in [6, 6.07) is 11.1. The van der Waals surface area contributed by atoms with Gasteiger partial charge in [0.2, 0.25) is 5.82 Å². The van der Waals surface area contributed by atoms with Crippen LogP contribution in [0.3, 0.4) is 0 Å². The topological polar surface area (TPSA) is 9.23 Å². The standard InChI is InChI=1S/C31H31F5O/c1-3-4-17-37-27-16-14-23(29(34)31(27)36)12-10-22-11-13-24(18-26(22)32)20-6-8-21(9-7-20)25-15-5-19(2)28(33)30(25)35/h5-6,11,13-16,18,21H,3-4,7-10,12,17H2,1-2H3. The zero-order valence-corrected chi connectivity index (χ0v) is 21.2. The normalized spacial score (nSPS) is 15.5. The van der Waals surface area contributed by atoms with Crippen LogP contribution in [0.5, 0.6) is 5.75 Å². The van der Waals surface area contributed by atoms with E-state index in [0.717, 1.165) is 24.0 Å². The number of hydrogen-bond acceptors (Lipinski definition) is 1. The van der Waals surface area contributed by atoms with Gasteiger partial charge in [0.05, 0.1) is 6.61 Å². The summed E-state index contributed by atoms with van der Waals surface area (Å²) in [4.78, 5) is 0. The zero-order valence-electron chi connectivity index (χ0n) is 21.2. The Labute approximate surface area is 215 Å². The molecule has 196 valence electrons. The van der Waals surface area contributed by atoms with E-state index < -0.39 is 29.1 Å². The molecule has 0 fully saturated rings. The van der Waals surface area contributed by atoms with Gasteiger partial charge in [-0.25, -0.2) is 17.6 Å². The average molecular weight is 515 g/mol. The Kier molecular flexibility index (Phi) is 8.67. The highest BCUT2D eigenvalue weighted by Crippen LogP contribution is 2.38. The Bertz CT molecular complexity index is 1300. The molecule has 0 N–H and O–H groups in total. The molecule has 1 unspecified atom stereocenters. The van der Waals surface area contributed by atoms with Crippen LogP contribution in [0.4, 0.5) is 22.0 Å². The summed E-state index contributed by atoms with van der Waals surface area (Å²) < 4.78 is 77.4. The third-order valence-corrected chi connectivity index (χ3v) is 7.13. The first-order valence-corrected chi connectivity index (χ1v) is 12.8. The predicted octanol–water partition coefficient (Wildman–Crippen LogP) is 9.01. The average Bonchev–Trinajstić information content (AvgIpc) is 2.90. The second-order valence-electron chi connectivity index (χ2n) is 9.66. The Morgan fingerprint density at radius 2 is 1.59 bits per heavy atom. The lowest BCUT2D eigenvalue weighted by atomic mass is 9.82. The third-order valence-electron chi connectivity index (χ3n) is 7.13.